The Balaban J connectivity index is 1.76. The van der Waals surface area contributed by atoms with Crippen molar-refractivity contribution < 1.29 is 9.13 Å². The van der Waals surface area contributed by atoms with E-state index in [9.17, 15) is 4.39 Å². The Kier molecular flexibility index (Phi) is 7.14. The molecule has 4 nitrogen and oxygen atoms in total. The van der Waals surface area contributed by atoms with Gasteiger partial charge in [0.1, 0.15) is 5.82 Å². The maximum Gasteiger partial charge on any atom is 0.144 e. The van der Waals surface area contributed by atoms with Gasteiger partial charge in [0.05, 0.1) is 18.4 Å². The summed E-state index contributed by atoms with van der Waals surface area (Å²) >= 11 is 0. The largest absolute Gasteiger partial charge is 0.377 e. The average Bonchev–Trinajstić information content (AvgIpc) is 2.54. The van der Waals surface area contributed by atoms with E-state index in [4.69, 9.17) is 4.74 Å². The summed E-state index contributed by atoms with van der Waals surface area (Å²) in [6.45, 7) is 14.7. The highest BCUT2D eigenvalue weighted by atomic mass is 19.1. The summed E-state index contributed by atoms with van der Waals surface area (Å²) in [5.74, 6) is -0.191. The molecule has 0 bridgehead atoms. The van der Waals surface area contributed by atoms with Crippen LogP contribution in [-0.2, 0) is 11.2 Å². The highest BCUT2D eigenvalue weighted by molar-refractivity contribution is 5.08. The molecule has 1 aromatic heterocycles. The van der Waals surface area contributed by atoms with Crippen molar-refractivity contribution in [2.45, 2.75) is 52.2 Å². The lowest BCUT2D eigenvalue weighted by Gasteiger charge is -2.44. The Morgan fingerprint density at radius 1 is 1.25 bits per heavy atom. The molecule has 136 valence electrons. The van der Waals surface area contributed by atoms with Crippen molar-refractivity contribution in [1.82, 2.24) is 14.8 Å². The van der Waals surface area contributed by atoms with E-state index in [1.807, 2.05) is 0 Å². The summed E-state index contributed by atoms with van der Waals surface area (Å²) in [7, 11) is 0. The Morgan fingerprint density at radius 2 is 1.96 bits per heavy atom. The summed E-state index contributed by atoms with van der Waals surface area (Å²) in [6.07, 6.45) is 3.57. The lowest BCUT2D eigenvalue weighted by atomic mass is 9.94. The Hall–Kier alpha value is -1.04. The van der Waals surface area contributed by atoms with Gasteiger partial charge in [0.2, 0.25) is 0 Å². The van der Waals surface area contributed by atoms with Gasteiger partial charge in [0.25, 0.3) is 0 Å². The molecule has 0 N–H and O–H groups in total. The zero-order valence-corrected chi connectivity index (χ0v) is 15.6. The minimum Gasteiger partial charge on any atom is -0.377 e. The van der Waals surface area contributed by atoms with Crippen LogP contribution >= 0.6 is 0 Å². The molecule has 0 aromatic carbocycles. The summed E-state index contributed by atoms with van der Waals surface area (Å²) in [5.41, 5.74) is 0.639. The van der Waals surface area contributed by atoms with Crippen LogP contribution in [0.25, 0.3) is 0 Å². The number of pyridine rings is 1. The molecule has 24 heavy (non-hydrogen) atoms. The van der Waals surface area contributed by atoms with E-state index in [-0.39, 0.29) is 11.4 Å². The number of halogens is 1. The van der Waals surface area contributed by atoms with Gasteiger partial charge in [-0.15, -0.1) is 0 Å². The molecule has 1 aliphatic heterocycles. The molecule has 0 unspecified atom stereocenters. The molecule has 0 atom stereocenters. The van der Waals surface area contributed by atoms with Crippen LogP contribution in [0.1, 0.15) is 39.8 Å². The quantitative estimate of drug-likeness (QED) is 0.729. The predicted octanol–water partition coefficient (Wildman–Crippen LogP) is 2.97. The molecular formula is C19H32FN3O. The topological polar surface area (TPSA) is 28.6 Å². The van der Waals surface area contributed by atoms with Crippen LogP contribution in [0, 0.1) is 5.82 Å². The first-order chi connectivity index (χ1) is 11.4. The lowest BCUT2D eigenvalue weighted by Crippen LogP contribution is -2.55. The molecule has 2 rings (SSSR count). The zero-order valence-electron chi connectivity index (χ0n) is 15.6. The van der Waals surface area contributed by atoms with E-state index in [1.54, 1.807) is 12.3 Å². The van der Waals surface area contributed by atoms with Crippen molar-refractivity contribution in [3.05, 3.63) is 29.8 Å². The molecule has 0 aliphatic carbocycles. The van der Waals surface area contributed by atoms with Crippen LogP contribution in [0.15, 0.2) is 18.3 Å². The monoisotopic (exact) mass is 337 g/mol. The van der Waals surface area contributed by atoms with Gasteiger partial charge in [-0.1, -0.05) is 0 Å². The third-order valence-corrected chi connectivity index (χ3v) is 4.90. The SMILES string of the molecule is CC(C)OCCN1CCN(C(C)(C)CCc2ncccc2F)CC1. The molecule has 1 fully saturated rings. The van der Waals surface area contributed by atoms with Gasteiger partial charge < -0.3 is 4.74 Å². The van der Waals surface area contributed by atoms with E-state index in [2.05, 4.69) is 42.5 Å². The van der Waals surface area contributed by atoms with Crippen molar-refractivity contribution in [3.63, 3.8) is 0 Å². The van der Waals surface area contributed by atoms with Crippen molar-refractivity contribution in [3.8, 4) is 0 Å². The Labute approximate surface area is 146 Å². The van der Waals surface area contributed by atoms with E-state index in [1.165, 1.54) is 6.07 Å². The van der Waals surface area contributed by atoms with Crippen LogP contribution in [0.4, 0.5) is 4.39 Å². The van der Waals surface area contributed by atoms with Crippen LogP contribution in [-0.4, -0.2) is 65.8 Å². The number of aryl methyl sites for hydroxylation is 1. The third-order valence-electron chi connectivity index (χ3n) is 4.90. The molecule has 0 saturated carbocycles. The predicted molar refractivity (Wildman–Crippen MR) is 95.7 cm³/mol. The standard InChI is InChI=1S/C19H32FN3O/c1-16(2)24-15-14-22-10-12-23(13-11-22)19(3,4)8-7-18-17(20)6-5-9-21-18/h5-6,9,16H,7-8,10-15H2,1-4H3. The average molecular weight is 337 g/mol. The van der Waals surface area contributed by atoms with Crippen LogP contribution in [0.2, 0.25) is 0 Å². The molecule has 0 amide bonds. The smallest absolute Gasteiger partial charge is 0.144 e. The number of ether oxygens (including phenoxy) is 1. The lowest BCUT2D eigenvalue weighted by molar-refractivity contribution is 0.0197. The summed E-state index contributed by atoms with van der Waals surface area (Å²) in [4.78, 5) is 9.16. The minimum absolute atomic E-state index is 0.0600. The van der Waals surface area contributed by atoms with Gasteiger partial charge in [0, 0.05) is 44.5 Å². The highest BCUT2D eigenvalue weighted by Crippen LogP contribution is 2.23. The number of hydrogen-bond donors (Lipinski definition) is 0. The summed E-state index contributed by atoms with van der Waals surface area (Å²) < 4.78 is 19.4. The Bertz CT molecular complexity index is 499. The molecule has 2 heterocycles. The van der Waals surface area contributed by atoms with Crippen molar-refractivity contribution in [1.29, 1.82) is 0 Å². The molecule has 5 heteroatoms. The first-order valence-electron chi connectivity index (χ1n) is 9.07. The first kappa shape index (κ1) is 19.3. The van der Waals surface area contributed by atoms with Crippen molar-refractivity contribution in [2.24, 2.45) is 0 Å². The van der Waals surface area contributed by atoms with Crippen LogP contribution in [0.5, 0.6) is 0 Å². The van der Waals surface area contributed by atoms with Gasteiger partial charge in [-0.2, -0.15) is 0 Å². The van der Waals surface area contributed by atoms with Gasteiger partial charge in [-0.25, -0.2) is 4.39 Å². The molecule has 1 saturated heterocycles. The molecule has 1 aromatic rings. The van der Waals surface area contributed by atoms with E-state index in [0.29, 0.717) is 18.2 Å². The fourth-order valence-corrected chi connectivity index (χ4v) is 3.18. The minimum atomic E-state index is -0.191. The van der Waals surface area contributed by atoms with Crippen LogP contribution in [0.3, 0.4) is 0 Å². The van der Waals surface area contributed by atoms with Crippen molar-refractivity contribution >= 4 is 0 Å². The second-order valence-electron chi connectivity index (χ2n) is 7.49. The first-order valence-corrected chi connectivity index (χ1v) is 9.07. The second-order valence-corrected chi connectivity index (χ2v) is 7.49. The molecular weight excluding hydrogens is 305 g/mol. The van der Waals surface area contributed by atoms with E-state index >= 15 is 0 Å². The number of rotatable bonds is 8. The third kappa shape index (κ3) is 5.80. The molecule has 0 radical (unpaired) electrons. The number of piperazine rings is 1. The van der Waals surface area contributed by atoms with E-state index in [0.717, 1.165) is 45.8 Å². The number of nitrogens with zero attached hydrogens (tertiary/aromatic N) is 3. The zero-order chi connectivity index (χ0) is 17.6. The van der Waals surface area contributed by atoms with Gasteiger partial charge in [0.15, 0.2) is 0 Å². The van der Waals surface area contributed by atoms with E-state index < -0.39 is 0 Å². The normalized spacial score (nSPS) is 17.6. The second kappa shape index (κ2) is 8.88. The fourth-order valence-electron chi connectivity index (χ4n) is 3.18. The summed E-state index contributed by atoms with van der Waals surface area (Å²) in [6, 6.07) is 3.14. The van der Waals surface area contributed by atoms with Gasteiger partial charge in [-0.3, -0.25) is 14.8 Å². The van der Waals surface area contributed by atoms with Crippen molar-refractivity contribution in [2.75, 3.05) is 39.3 Å². The maximum atomic E-state index is 13.7. The van der Waals surface area contributed by atoms with Gasteiger partial charge in [-0.05, 0) is 52.7 Å². The van der Waals surface area contributed by atoms with Crippen LogP contribution < -0.4 is 0 Å². The number of aromatic nitrogens is 1. The molecule has 0 spiro atoms. The Morgan fingerprint density at radius 3 is 2.58 bits per heavy atom. The maximum absolute atomic E-state index is 13.7. The highest BCUT2D eigenvalue weighted by Gasteiger charge is 2.29. The van der Waals surface area contributed by atoms with Gasteiger partial charge >= 0.3 is 0 Å². The summed E-state index contributed by atoms with van der Waals surface area (Å²) in [5, 5.41) is 0. The fraction of sp³-hybridized carbons (Fsp3) is 0.737. The number of hydrogen-bond acceptors (Lipinski definition) is 4. The molecule has 1 aliphatic rings.